The largest absolute Gasteiger partial charge is 0.441 e. The predicted molar refractivity (Wildman–Crippen MR) is 108 cm³/mol. The van der Waals surface area contributed by atoms with Gasteiger partial charge in [0, 0.05) is 45.0 Å². The molecule has 1 aromatic carbocycles. The molecule has 1 aliphatic heterocycles. The number of carbonyl (C=O) groups excluding carboxylic acids is 1. The Bertz CT molecular complexity index is 649. The average molecular weight is 372 g/mol. The topological polar surface area (TPSA) is 44.8 Å². The molecule has 5 heteroatoms. The molecule has 1 N–H and O–H groups in total. The van der Waals surface area contributed by atoms with Crippen molar-refractivity contribution in [2.75, 3.05) is 38.1 Å². The molecular formula is C22H33N3O2. The molecule has 27 heavy (non-hydrogen) atoms. The molecule has 1 saturated carbocycles. The van der Waals surface area contributed by atoms with Gasteiger partial charge in [0.25, 0.3) is 0 Å². The number of alkyl carbamates (subject to hydrolysis) is 1. The molecule has 2 fully saturated rings. The molecule has 0 spiro atoms. The highest BCUT2D eigenvalue weighted by Crippen LogP contribution is 2.35. The fraction of sp³-hybridized carbons (Fsp3) is 0.682. The highest BCUT2D eigenvalue weighted by molar-refractivity contribution is 5.67. The van der Waals surface area contributed by atoms with Crippen molar-refractivity contribution in [3.05, 3.63) is 29.3 Å². The lowest BCUT2D eigenvalue weighted by molar-refractivity contribution is 0.0892. The van der Waals surface area contributed by atoms with Crippen molar-refractivity contribution in [3.63, 3.8) is 0 Å². The lowest BCUT2D eigenvalue weighted by Gasteiger charge is -2.42. The molecule has 1 amide bonds. The molecule has 1 saturated heterocycles. The lowest BCUT2D eigenvalue weighted by atomic mass is 9.88. The summed E-state index contributed by atoms with van der Waals surface area (Å²) in [5.41, 5.74) is 3.82. The Kier molecular flexibility index (Phi) is 5.86. The van der Waals surface area contributed by atoms with Crippen molar-refractivity contribution in [1.82, 2.24) is 10.2 Å². The Balaban J connectivity index is 1.42. The van der Waals surface area contributed by atoms with E-state index in [1.165, 1.54) is 62.0 Å². The van der Waals surface area contributed by atoms with Gasteiger partial charge < -0.3 is 15.0 Å². The van der Waals surface area contributed by atoms with E-state index in [-0.39, 0.29) is 12.2 Å². The van der Waals surface area contributed by atoms with Crippen LogP contribution in [0, 0.1) is 0 Å². The zero-order chi connectivity index (χ0) is 18.6. The molecule has 1 unspecified atom stereocenters. The van der Waals surface area contributed by atoms with Crippen LogP contribution in [-0.2, 0) is 11.2 Å². The molecular weight excluding hydrogens is 338 g/mol. The van der Waals surface area contributed by atoms with Crippen LogP contribution in [0.2, 0.25) is 0 Å². The van der Waals surface area contributed by atoms with Crippen LogP contribution in [0.4, 0.5) is 10.5 Å². The minimum atomic E-state index is -0.334. The molecule has 2 aliphatic carbocycles. The highest BCUT2D eigenvalue weighted by atomic mass is 16.6. The lowest BCUT2D eigenvalue weighted by Crippen LogP contribution is -2.50. The van der Waals surface area contributed by atoms with Gasteiger partial charge in [0.2, 0.25) is 0 Å². The first-order chi connectivity index (χ1) is 13.2. The summed E-state index contributed by atoms with van der Waals surface area (Å²) in [5, 5.41) is 2.58. The number of fused-ring (bicyclic) bond motifs is 1. The fourth-order valence-corrected chi connectivity index (χ4v) is 5.04. The Hall–Kier alpha value is -1.75. The molecule has 4 rings (SSSR count). The zero-order valence-corrected chi connectivity index (χ0v) is 16.6. The number of ether oxygens (including phenoxy) is 1. The maximum absolute atomic E-state index is 11.7. The fourth-order valence-electron chi connectivity index (χ4n) is 5.04. The van der Waals surface area contributed by atoms with Gasteiger partial charge in [0.05, 0.1) is 0 Å². The SMILES string of the molecule is CNC(=O)OC1CCCc2ccc(N3CCN(C4CCCCC4)CC3)cc21. The Morgan fingerprint density at radius 2 is 1.81 bits per heavy atom. The molecule has 1 aromatic rings. The molecule has 0 bridgehead atoms. The molecule has 3 aliphatic rings. The Morgan fingerprint density at radius 1 is 1.04 bits per heavy atom. The normalized spacial score (nSPS) is 24.3. The molecule has 1 atom stereocenters. The number of anilines is 1. The van der Waals surface area contributed by atoms with Crippen molar-refractivity contribution in [3.8, 4) is 0 Å². The number of amides is 1. The van der Waals surface area contributed by atoms with E-state index in [0.717, 1.165) is 38.4 Å². The van der Waals surface area contributed by atoms with E-state index in [4.69, 9.17) is 4.74 Å². The monoisotopic (exact) mass is 371 g/mol. The van der Waals surface area contributed by atoms with Crippen LogP contribution in [0.25, 0.3) is 0 Å². The van der Waals surface area contributed by atoms with Crippen LogP contribution in [0.3, 0.4) is 0 Å². The first kappa shape index (κ1) is 18.6. The summed E-state index contributed by atoms with van der Waals surface area (Å²) >= 11 is 0. The van der Waals surface area contributed by atoms with Gasteiger partial charge in [-0.15, -0.1) is 0 Å². The van der Waals surface area contributed by atoms with Gasteiger partial charge in [0.15, 0.2) is 0 Å². The third kappa shape index (κ3) is 4.23. The van der Waals surface area contributed by atoms with Gasteiger partial charge >= 0.3 is 6.09 Å². The quantitative estimate of drug-likeness (QED) is 0.876. The second kappa shape index (κ2) is 8.51. The number of hydrogen-bond acceptors (Lipinski definition) is 4. The van der Waals surface area contributed by atoms with E-state index in [1.807, 2.05) is 0 Å². The Labute approximate surface area is 163 Å². The number of nitrogens with zero attached hydrogens (tertiary/aromatic N) is 2. The zero-order valence-electron chi connectivity index (χ0n) is 16.6. The van der Waals surface area contributed by atoms with Gasteiger partial charge in [-0.3, -0.25) is 4.90 Å². The van der Waals surface area contributed by atoms with Crippen LogP contribution < -0.4 is 10.2 Å². The van der Waals surface area contributed by atoms with Crippen molar-refractivity contribution in [1.29, 1.82) is 0 Å². The van der Waals surface area contributed by atoms with Gasteiger partial charge in [-0.25, -0.2) is 4.79 Å². The predicted octanol–water partition coefficient (Wildman–Crippen LogP) is 3.87. The van der Waals surface area contributed by atoms with E-state index < -0.39 is 0 Å². The summed E-state index contributed by atoms with van der Waals surface area (Å²) in [4.78, 5) is 16.9. The van der Waals surface area contributed by atoms with Crippen LogP contribution in [0.15, 0.2) is 18.2 Å². The molecule has 0 aromatic heterocycles. The maximum atomic E-state index is 11.7. The average Bonchev–Trinajstić information content (AvgIpc) is 2.74. The van der Waals surface area contributed by atoms with Gasteiger partial charge in [-0.2, -0.15) is 0 Å². The second-order valence-corrected chi connectivity index (χ2v) is 8.23. The van der Waals surface area contributed by atoms with Crippen LogP contribution in [0.5, 0.6) is 0 Å². The van der Waals surface area contributed by atoms with E-state index >= 15 is 0 Å². The van der Waals surface area contributed by atoms with Gasteiger partial charge in [-0.05, 0) is 55.4 Å². The summed E-state index contributed by atoms with van der Waals surface area (Å²) < 4.78 is 5.63. The minimum absolute atomic E-state index is 0.114. The van der Waals surface area contributed by atoms with E-state index in [0.29, 0.717) is 0 Å². The maximum Gasteiger partial charge on any atom is 0.407 e. The molecule has 1 heterocycles. The molecule has 0 radical (unpaired) electrons. The van der Waals surface area contributed by atoms with Crippen LogP contribution >= 0.6 is 0 Å². The number of carbonyl (C=O) groups is 1. The number of piperazine rings is 1. The highest BCUT2D eigenvalue weighted by Gasteiger charge is 2.27. The standard InChI is InChI=1S/C22H33N3O2/c1-23-22(26)27-21-9-5-6-17-10-11-19(16-20(17)21)25-14-12-24(13-15-25)18-7-3-2-4-8-18/h10-11,16,18,21H,2-9,12-15H2,1H3,(H,23,26). The smallest absolute Gasteiger partial charge is 0.407 e. The summed E-state index contributed by atoms with van der Waals surface area (Å²) in [6, 6.07) is 7.60. The van der Waals surface area contributed by atoms with Crippen LogP contribution in [-0.4, -0.2) is 50.3 Å². The van der Waals surface area contributed by atoms with Crippen molar-refractivity contribution < 1.29 is 9.53 Å². The number of aryl methyl sites for hydroxylation is 1. The minimum Gasteiger partial charge on any atom is -0.441 e. The third-order valence-corrected chi connectivity index (χ3v) is 6.61. The van der Waals surface area contributed by atoms with E-state index in [2.05, 4.69) is 33.3 Å². The summed E-state index contributed by atoms with van der Waals surface area (Å²) in [5.74, 6) is 0. The van der Waals surface area contributed by atoms with Gasteiger partial charge in [0.1, 0.15) is 6.10 Å². The number of hydrogen-bond donors (Lipinski definition) is 1. The van der Waals surface area contributed by atoms with E-state index in [1.54, 1.807) is 7.05 Å². The molecule has 5 nitrogen and oxygen atoms in total. The summed E-state index contributed by atoms with van der Waals surface area (Å²) in [6.45, 7) is 4.52. The third-order valence-electron chi connectivity index (χ3n) is 6.61. The summed E-state index contributed by atoms with van der Waals surface area (Å²) in [6.07, 6.45) is 9.63. The Morgan fingerprint density at radius 3 is 2.56 bits per heavy atom. The van der Waals surface area contributed by atoms with Gasteiger partial charge in [-0.1, -0.05) is 25.3 Å². The van der Waals surface area contributed by atoms with Crippen molar-refractivity contribution in [2.24, 2.45) is 0 Å². The van der Waals surface area contributed by atoms with Crippen LogP contribution in [0.1, 0.15) is 62.2 Å². The number of nitrogens with one attached hydrogen (secondary N) is 1. The first-order valence-electron chi connectivity index (χ1n) is 10.7. The molecule has 148 valence electrons. The second-order valence-electron chi connectivity index (χ2n) is 8.23. The number of rotatable bonds is 3. The summed E-state index contributed by atoms with van der Waals surface area (Å²) in [7, 11) is 1.62. The first-order valence-corrected chi connectivity index (χ1v) is 10.7. The number of benzene rings is 1. The van der Waals surface area contributed by atoms with Crippen molar-refractivity contribution >= 4 is 11.8 Å². The van der Waals surface area contributed by atoms with E-state index in [9.17, 15) is 4.79 Å². The van der Waals surface area contributed by atoms with Crippen molar-refractivity contribution in [2.45, 2.75) is 63.5 Å².